The summed E-state index contributed by atoms with van der Waals surface area (Å²) in [6.07, 6.45) is 7.47. The van der Waals surface area contributed by atoms with E-state index in [0.29, 0.717) is 36.7 Å². The molecule has 0 bridgehead atoms. The molecule has 3 aromatic rings. The molecule has 196 valence electrons. The number of nitrogens with one attached hydrogen (secondary N) is 2. The number of fused-ring (bicyclic) bond motifs is 1. The molecule has 1 fully saturated rings. The molecular weight excluding hydrogens is 468 g/mol. The second kappa shape index (κ2) is 13.0. The summed E-state index contributed by atoms with van der Waals surface area (Å²) < 4.78 is 2.59. The summed E-state index contributed by atoms with van der Waals surface area (Å²) in [5.41, 5.74) is 0.777. The van der Waals surface area contributed by atoms with Gasteiger partial charge in [-0.3, -0.25) is 23.5 Å². The van der Waals surface area contributed by atoms with Gasteiger partial charge in [0, 0.05) is 25.6 Å². The van der Waals surface area contributed by atoms with Gasteiger partial charge in [-0.05, 0) is 49.8 Å². The molecule has 1 saturated carbocycles. The van der Waals surface area contributed by atoms with Gasteiger partial charge < -0.3 is 10.6 Å². The summed E-state index contributed by atoms with van der Waals surface area (Å²) in [7, 11) is 0. The largest absolute Gasteiger partial charge is 0.356 e. The lowest BCUT2D eigenvalue weighted by molar-refractivity contribution is -0.123. The fraction of sp³-hybridized carbons (Fsp3) is 0.448. The molecule has 8 heteroatoms. The second-order valence-corrected chi connectivity index (χ2v) is 9.79. The van der Waals surface area contributed by atoms with Gasteiger partial charge in [-0.15, -0.1) is 0 Å². The van der Waals surface area contributed by atoms with Crippen LogP contribution in [-0.4, -0.2) is 33.5 Å². The number of benzene rings is 2. The zero-order valence-electron chi connectivity index (χ0n) is 21.3. The van der Waals surface area contributed by atoms with Gasteiger partial charge >= 0.3 is 5.69 Å². The van der Waals surface area contributed by atoms with Crippen molar-refractivity contribution in [3.63, 3.8) is 0 Å². The number of nitrogens with zero attached hydrogens (tertiary/aromatic N) is 2. The molecular formula is C29H36N4O4. The van der Waals surface area contributed by atoms with Crippen molar-refractivity contribution in [2.75, 3.05) is 6.54 Å². The van der Waals surface area contributed by atoms with E-state index in [1.54, 1.807) is 24.3 Å². The zero-order chi connectivity index (χ0) is 26.0. The Morgan fingerprint density at radius 3 is 2.35 bits per heavy atom. The number of unbranched alkanes of at least 4 members (excludes halogenated alkanes) is 1. The highest BCUT2D eigenvalue weighted by molar-refractivity contribution is 5.81. The summed E-state index contributed by atoms with van der Waals surface area (Å²) in [6, 6.07) is 17.0. The molecule has 0 spiro atoms. The number of hydrogen-bond acceptors (Lipinski definition) is 4. The van der Waals surface area contributed by atoms with E-state index in [0.717, 1.165) is 32.1 Å². The van der Waals surface area contributed by atoms with Crippen molar-refractivity contribution in [1.29, 1.82) is 0 Å². The Morgan fingerprint density at radius 2 is 1.57 bits per heavy atom. The van der Waals surface area contributed by atoms with Crippen LogP contribution >= 0.6 is 0 Å². The second-order valence-electron chi connectivity index (χ2n) is 9.79. The minimum atomic E-state index is -0.491. The van der Waals surface area contributed by atoms with E-state index in [2.05, 4.69) is 10.6 Å². The van der Waals surface area contributed by atoms with Crippen LogP contribution in [0, 0.1) is 0 Å². The lowest BCUT2D eigenvalue weighted by atomic mass is 9.95. The summed E-state index contributed by atoms with van der Waals surface area (Å²) in [5.74, 6) is -0.255. The van der Waals surface area contributed by atoms with E-state index in [1.807, 2.05) is 30.3 Å². The quantitative estimate of drug-likeness (QED) is 0.392. The number of rotatable bonds is 11. The fourth-order valence-corrected chi connectivity index (χ4v) is 5.02. The maximum atomic E-state index is 13.3. The van der Waals surface area contributed by atoms with Crippen molar-refractivity contribution in [2.45, 2.75) is 76.9 Å². The molecule has 1 aliphatic rings. The van der Waals surface area contributed by atoms with Crippen LogP contribution in [0.1, 0.15) is 56.9 Å². The van der Waals surface area contributed by atoms with Crippen LogP contribution in [0.4, 0.5) is 0 Å². The van der Waals surface area contributed by atoms with Gasteiger partial charge in [0.2, 0.25) is 11.8 Å². The summed E-state index contributed by atoms with van der Waals surface area (Å²) in [6.45, 7) is 0.643. The Bertz CT molecular complexity index is 1320. The molecule has 0 unspecified atom stereocenters. The van der Waals surface area contributed by atoms with Gasteiger partial charge in [0.05, 0.1) is 10.9 Å². The highest BCUT2D eigenvalue weighted by Gasteiger charge is 2.19. The average Bonchev–Trinajstić information content (AvgIpc) is 2.92. The fourth-order valence-electron chi connectivity index (χ4n) is 5.02. The van der Waals surface area contributed by atoms with E-state index in [1.165, 1.54) is 21.1 Å². The Kier molecular flexibility index (Phi) is 9.29. The van der Waals surface area contributed by atoms with E-state index >= 15 is 0 Å². The number of carbonyl (C=O) groups excluding carboxylic acids is 2. The van der Waals surface area contributed by atoms with Crippen molar-refractivity contribution in [1.82, 2.24) is 19.8 Å². The first-order valence-electron chi connectivity index (χ1n) is 13.4. The van der Waals surface area contributed by atoms with Crippen LogP contribution in [0.25, 0.3) is 10.9 Å². The SMILES string of the molecule is O=C(CCCCn1c(=O)c2ccccc2n(CC(=O)NC2CCCCC2)c1=O)NCCc1ccccc1. The van der Waals surface area contributed by atoms with Crippen LogP contribution in [0.3, 0.4) is 0 Å². The number of aromatic nitrogens is 2. The van der Waals surface area contributed by atoms with Crippen LogP contribution in [0.2, 0.25) is 0 Å². The predicted molar refractivity (Wildman–Crippen MR) is 144 cm³/mol. The average molecular weight is 505 g/mol. The monoisotopic (exact) mass is 504 g/mol. The minimum Gasteiger partial charge on any atom is -0.356 e. The Hall–Kier alpha value is -3.68. The van der Waals surface area contributed by atoms with E-state index in [-0.39, 0.29) is 36.5 Å². The summed E-state index contributed by atoms with van der Waals surface area (Å²) in [4.78, 5) is 51.4. The molecule has 0 aliphatic heterocycles. The van der Waals surface area contributed by atoms with Crippen LogP contribution in [0.5, 0.6) is 0 Å². The van der Waals surface area contributed by atoms with Crippen molar-refractivity contribution in [3.05, 3.63) is 81.0 Å². The zero-order valence-corrected chi connectivity index (χ0v) is 21.3. The maximum Gasteiger partial charge on any atom is 0.331 e. The molecule has 2 amide bonds. The third-order valence-corrected chi connectivity index (χ3v) is 7.02. The Morgan fingerprint density at radius 1 is 0.838 bits per heavy atom. The molecule has 8 nitrogen and oxygen atoms in total. The number of para-hydroxylation sites is 1. The minimum absolute atomic E-state index is 0.0430. The van der Waals surface area contributed by atoms with Gasteiger partial charge in [0.1, 0.15) is 6.54 Å². The lowest BCUT2D eigenvalue weighted by Gasteiger charge is -2.23. The van der Waals surface area contributed by atoms with Crippen LogP contribution in [0.15, 0.2) is 64.2 Å². The highest BCUT2D eigenvalue weighted by Crippen LogP contribution is 2.17. The van der Waals surface area contributed by atoms with Crippen molar-refractivity contribution in [2.24, 2.45) is 0 Å². The first-order chi connectivity index (χ1) is 18.0. The van der Waals surface area contributed by atoms with Crippen LogP contribution in [-0.2, 0) is 29.1 Å². The van der Waals surface area contributed by atoms with Gasteiger partial charge in [-0.2, -0.15) is 0 Å². The standard InChI is InChI=1S/C29H36N4O4/c34-26(30-19-18-22-11-3-1-4-12-22)17-9-10-20-32-28(36)24-15-7-8-16-25(24)33(29(32)37)21-27(35)31-23-13-5-2-6-14-23/h1,3-4,7-8,11-12,15-16,23H,2,5-6,9-10,13-14,17-21H2,(H,30,34)(H,31,35). The van der Waals surface area contributed by atoms with Gasteiger partial charge in [-0.25, -0.2) is 4.79 Å². The van der Waals surface area contributed by atoms with Gasteiger partial charge in [-0.1, -0.05) is 61.7 Å². The van der Waals surface area contributed by atoms with Gasteiger partial charge in [0.25, 0.3) is 5.56 Å². The maximum absolute atomic E-state index is 13.3. The smallest absolute Gasteiger partial charge is 0.331 e. The predicted octanol–water partition coefficient (Wildman–Crippen LogP) is 3.14. The van der Waals surface area contributed by atoms with E-state index in [4.69, 9.17) is 0 Å². The first kappa shape index (κ1) is 26.4. The lowest BCUT2D eigenvalue weighted by Crippen LogP contribution is -2.44. The molecule has 2 aromatic carbocycles. The topological polar surface area (TPSA) is 102 Å². The van der Waals surface area contributed by atoms with Crippen LogP contribution < -0.4 is 21.9 Å². The number of carbonyl (C=O) groups is 2. The van der Waals surface area contributed by atoms with Gasteiger partial charge in [0.15, 0.2) is 0 Å². The Labute approximate surface area is 216 Å². The third kappa shape index (κ3) is 7.18. The molecule has 0 radical (unpaired) electrons. The molecule has 4 rings (SSSR count). The van der Waals surface area contributed by atoms with Crippen molar-refractivity contribution in [3.8, 4) is 0 Å². The molecule has 37 heavy (non-hydrogen) atoms. The first-order valence-corrected chi connectivity index (χ1v) is 13.4. The molecule has 1 aliphatic carbocycles. The normalized spacial score (nSPS) is 13.9. The third-order valence-electron chi connectivity index (χ3n) is 7.02. The van der Waals surface area contributed by atoms with Crippen molar-refractivity contribution >= 4 is 22.7 Å². The summed E-state index contributed by atoms with van der Waals surface area (Å²) >= 11 is 0. The highest BCUT2D eigenvalue weighted by atomic mass is 16.2. The molecule has 2 N–H and O–H groups in total. The molecule has 0 atom stereocenters. The van der Waals surface area contributed by atoms with Crippen molar-refractivity contribution < 1.29 is 9.59 Å². The molecule has 1 aromatic heterocycles. The Balaban J connectivity index is 1.36. The number of amides is 2. The number of hydrogen-bond donors (Lipinski definition) is 2. The molecule has 1 heterocycles. The van der Waals surface area contributed by atoms with E-state index in [9.17, 15) is 19.2 Å². The molecule has 0 saturated heterocycles. The van der Waals surface area contributed by atoms with E-state index < -0.39 is 5.69 Å². The summed E-state index contributed by atoms with van der Waals surface area (Å²) in [5, 5.41) is 6.39.